The van der Waals surface area contributed by atoms with Gasteiger partial charge in [-0.05, 0) is 67.2 Å². The van der Waals surface area contributed by atoms with Crippen LogP contribution in [0.3, 0.4) is 0 Å². The quantitative estimate of drug-likeness (QED) is 0.435. The summed E-state index contributed by atoms with van der Waals surface area (Å²) in [6, 6.07) is 16.0. The Bertz CT molecular complexity index is 1320. The third kappa shape index (κ3) is 6.59. The van der Waals surface area contributed by atoms with Crippen molar-refractivity contribution in [1.82, 2.24) is 9.80 Å². The molecule has 41 heavy (non-hydrogen) atoms. The molecule has 2 aliphatic heterocycles. The maximum absolute atomic E-state index is 14.1. The van der Waals surface area contributed by atoms with Crippen LogP contribution in [-0.2, 0) is 32.0 Å². The summed E-state index contributed by atoms with van der Waals surface area (Å²) in [5.74, 6) is -2.19. The second-order valence-corrected chi connectivity index (χ2v) is 11.6. The molecule has 216 valence electrons. The number of carboxylic acids is 1. The van der Waals surface area contributed by atoms with E-state index in [2.05, 4.69) is 18.2 Å². The van der Waals surface area contributed by atoms with Crippen LogP contribution >= 0.6 is 0 Å². The molecule has 0 radical (unpaired) electrons. The molecule has 3 aliphatic rings. The zero-order chi connectivity index (χ0) is 28.9. The number of fused-ring (bicyclic) bond motifs is 1. The van der Waals surface area contributed by atoms with Gasteiger partial charge in [0.2, 0.25) is 11.8 Å². The van der Waals surface area contributed by atoms with E-state index in [0.717, 1.165) is 23.1 Å². The van der Waals surface area contributed by atoms with Crippen molar-refractivity contribution in [2.45, 2.75) is 75.9 Å². The number of ketones is 1. The van der Waals surface area contributed by atoms with Crippen molar-refractivity contribution in [3.63, 3.8) is 0 Å². The first-order valence-electron chi connectivity index (χ1n) is 14.7. The van der Waals surface area contributed by atoms with E-state index >= 15 is 0 Å². The van der Waals surface area contributed by atoms with Crippen LogP contribution in [0.2, 0.25) is 0 Å². The number of rotatable bonds is 11. The molecule has 0 spiro atoms. The molecular weight excluding hydrogens is 518 g/mol. The van der Waals surface area contributed by atoms with Gasteiger partial charge >= 0.3 is 5.97 Å². The lowest BCUT2D eigenvalue weighted by Gasteiger charge is -2.32. The SMILES string of the molecule is NC(CC(=O)CC(CC1=CCc2ccccc21)C(=O)N1CCCC1C(=O)N1CCCC1C(=O)O)Cc1ccccc1. The topological polar surface area (TPSA) is 121 Å². The summed E-state index contributed by atoms with van der Waals surface area (Å²) in [6.45, 7) is 0.813. The predicted molar refractivity (Wildman–Crippen MR) is 156 cm³/mol. The van der Waals surface area contributed by atoms with E-state index in [1.54, 1.807) is 4.90 Å². The van der Waals surface area contributed by atoms with Crippen LogP contribution in [-0.4, -0.2) is 69.7 Å². The second kappa shape index (κ2) is 12.8. The normalized spacial score (nSPS) is 21.3. The third-order valence-corrected chi connectivity index (χ3v) is 8.69. The van der Waals surface area contributed by atoms with Gasteiger partial charge in [0.05, 0.1) is 0 Å². The monoisotopic (exact) mass is 557 g/mol. The molecule has 2 heterocycles. The Labute approximate surface area is 241 Å². The third-order valence-electron chi connectivity index (χ3n) is 8.69. The number of nitrogens with zero attached hydrogens (tertiary/aromatic N) is 2. The molecule has 2 aromatic carbocycles. The van der Waals surface area contributed by atoms with E-state index in [9.17, 15) is 24.3 Å². The van der Waals surface area contributed by atoms with Gasteiger partial charge in [-0.15, -0.1) is 0 Å². The van der Waals surface area contributed by atoms with E-state index in [4.69, 9.17) is 5.73 Å². The fraction of sp³-hybridized carbons (Fsp3) is 0.455. The number of benzene rings is 2. The summed E-state index contributed by atoms with van der Waals surface area (Å²) in [6.07, 6.45) is 6.37. The summed E-state index contributed by atoms with van der Waals surface area (Å²) in [5.41, 5.74) is 10.8. The molecule has 2 saturated heterocycles. The molecular formula is C33H39N3O5. The number of carbonyl (C=O) groups excluding carboxylic acids is 3. The number of hydrogen-bond donors (Lipinski definition) is 2. The lowest BCUT2D eigenvalue weighted by atomic mass is 9.88. The standard InChI is InChI=1S/C33H39N3O5/c34-26(18-22-8-2-1-3-9-22)21-27(37)20-25(19-24-15-14-23-10-4-5-11-28(23)24)31(38)35-16-6-12-29(35)32(39)36-17-7-13-30(36)33(40)41/h1-5,8-11,15,25-26,29-30H,6-7,12-14,16-21,34H2,(H,40,41). The number of hydrogen-bond acceptors (Lipinski definition) is 5. The fourth-order valence-electron chi connectivity index (χ4n) is 6.70. The molecule has 1 aliphatic carbocycles. The Balaban J connectivity index is 1.32. The zero-order valence-corrected chi connectivity index (χ0v) is 23.4. The van der Waals surface area contributed by atoms with Crippen LogP contribution in [0.4, 0.5) is 0 Å². The minimum atomic E-state index is -1.01. The number of allylic oxidation sites excluding steroid dienone is 2. The molecule has 4 atom stereocenters. The van der Waals surface area contributed by atoms with Gasteiger partial charge < -0.3 is 20.6 Å². The first-order valence-corrected chi connectivity index (χ1v) is 14.7. The number of nitrogens with two attached hydrogens (primary N) is 1. The van der Waals surface area contributed by atoms with E-state index in [1.807, 2.05) is 42.5 Å². The Kier molecular flexibility index (Phi) is 8.98. The van der Waals surface area contributed by atoms with Crippen molar-refractivity contribution >= 4 is 29.1 Å². The van der Waals surface area contributed by atoms with Crippen LogP contribution in [0.15, 0.2) is 60.7 Å². The molecule has 5 rings (SSSR count). The molecule has 0 saturated carbocycles. The number of aliphatic carboxylic acids is 1. The zero-order valence-electron chi connectivity index (χ0n) is 23.4. The summed E-state index contributed by atoms with van der Waals surface area (Å²) in [4.78, 5) is 55.8. The number of Topliss-reactive ketones (excluding diaryl/α,β-unsaturated/α-hetero) is 1. The maximum Gasteiger partial charge on any atom is 0.326 e. The summed E-state index contributed by atoms with van der Waals surface area (Å²) < 4.78 is 0. The van der Waals surface area contributed by atoms with Crippen molar-refractivity contribution in [3.05, 3.63) is 77.4 Å². The van der Waals surface area contributed by atoms with Gasteiger partial charge in [0, 0.05) is 37.9 Å². The Morgan fingerprint density at radius 1 is 0.854 bits per heavy atom. The lowest BCUT2D eigenvalue weighted by molar-refractivity contribution is -0.152. The minimum absolute atomic E-state index is 0.0553. The van der Waals surface area contributed by atoms with Crippen molar-refractivity contribution in [2.75, 3.05) is 13.1 Å². The van der Waals surface area contributed by atoms with E-state index < -0.39 is 24.0 Å². The number of likely N-dealkylation sites (tertiary alicyclic amines) is 2. The van der Waals surface area contributed by atoms with Crippen LogP contribution in [0.25, 0.3) is 5.57 Å². The largest absolute Gasteiger partial charge is 0.480 e. The molecule has 2 aromatic rings. The van der Waals surface area contributed by atoms with E-state index in [0.29, 0.717) is 51.6 Å². The van der Waals surface area contributed by atoms with Crippen molar-refractivity contribution < 1.29 is 24.3 Å². The van der Waals surface area contributed by atoms with Gasteiger partial charge in [-0.3, -0.25) is 14.4 Å². The van der Waals surface area contributed by atoms with Crippen LogP contribution in [0.5, 0.6) is 0 Å². The molecule has 2 amide bonds. The predicted octanol–water partition coefficient (Wildman–Crippen LogP) is 3.62. The average Bonchev–Trinajstić information content (AvgIpc) is 3.72. The molecule has 0 bridgehead atoms. The highest BCUT2D eigenvalue weighted by Crippen LogP contribution is 2.35. The second-order valence-electron chi connectivity index (χ2n) is 11.6. The van der Waals surface area contributed by atoms with Crippen molar-refractivity contribution in [2.24, 2.45) is 11.7 Å². The Morgan fingerprint density at radius 2 is 1.54 bits per heavy atom. The van der Waals surface area contributed by atoms with Crippen LogP contribution in [0, 0.1) is 5.92 Å². The first kappa shape index (κ1) is 28.7. The number of carboxylic acid groups (broad SMARTS) is 1. The molecule has 8 nitrogen and oxygen atoms in total. The summed E-state index contributed by atoms with van der Waals surface area (Å²) in [5, 5.41) is 9.61. The van der Waals surface area contributed by atoms with E-state index in [-0.39, 0.29) is 36.5 Å². The number of carbonyl (C=O) groups is 4. The lowest BCUT2D eigenvalue weighted by Crippen LogP contribution is -2.52. The summed E-state index contributed by atoms with van der Waals surface area (Å²) in [7, 11) is 0. The van der Waals surface area contributed by atoms with Crippen molar-refractivity contribution in [3.8, 4) is 0 Å². The van der Waals surface area contributed by atoms with Gasteiger partial charge in [-0.1, -0.05) is 60.7 Å². The van der Waals surface area contributed by atoms with Gasteiger partial charge in [-0.25, -0.2) is 4.79 Å². The highest BCUT2D eigenvalue weighted by molar-refractivity contribution is 5.94. The fourth-order valence-corrected chi connectivity index (χ4v) is 6.70. The van der Waals surface area contributed by atoms with Gasteiger partial charge in [-0.2, -0.15) is 0 Å². The van der Waals surface area contributed by atoms with Gasteiger partial charge in [0.15, 0.2) is 0 Å². The molecule has 3 N–H and O–H groups in total. The Hall–Kier alpha value is -3.78. The van der Waals surface area contributed by atoms with Crippen LogP contribution < -0.4 is 5.73 Å². The average molecular weight is 558 g/mol. The first-order chi connectivity index (χ1) is 19.8. The molecule has 0 aromatic heterocycles. The molecule has 2 fully saturated rings. The van der Waals surface area contributed by atoms with Gasteiger partial charge in [0.25, 0.3) is 0 Å². The number of amides is 2. The van der Waals surface area contributed by atoms with E-state index in [1.165, 1.54) is 10.5 Å². The molecule has 4 unspecified atom stereocenters. The molecule has 8 heteroatoms. The van der Waals surface area contributed by atoms with Crippen LogP contribution in [0.1, 0.15) is 61.6 Å². The van der Waals surface area contributed by atoms with Crippen molar-refractivity contribution in [1.29, 1.82) is 0 Å². The maximum atomic E-state index is 14.1. The Morgan fingerprint density at radius 3 is 2.29 bits per heavy atom. The minimum Gasteiger partial charge on any atom is -0.480 e. The highest BCUT2D eigenvalue weighted by atomic mass is 16.4. The smallest absolute Gasteiger partial charge is 0.326 e. The van der Waals surface area contributed by atoms with Gasteiger partial charge in [0.1, 0.15) is 17.9 Å². The summed E-state index contributed by atoms with van der Waals surface area (Å²) >= 11 is 0. The highest BCUT2D eigenvalue weighted by Gasteiger charge is 2.43.